The predicted molar refractivity (Wildman–Crippen MR) is 54.1 cm³/mol. The summed E-state index contributed by atoms with van der Waals surface area (Å²) in [5.74, 6) is 0.416. The van der Waals surface area contributed by atoms with Crippen LogP contribution < -0.4 is 0 Å². The highest BCUT2D eigenvalue weighted by atomic mass is 35.5. The third-order valence-corrected chi connectivity index (χ3v) is 2.34. The second-order valence-electron chi connectivity index (χ2n) is 3.07. The van der Waals surface area contributed by atoms with Gasteiger partial charge in [0, 0.05) is 5.88 Å². The molecule has 0 radical (unpaired) electrons. The van der Waals surface area contributed by atoms with Gasteiger partial charge in [0.05, 0.1) is 6.61 Å². The molecule has 0 heterocycles. The zero-order valence-corrected chi connectivity index (χ0v) is 8.35. The van der Waals surface area contributed by atoms with Crippen LogP contribution in [0.25, 0.3) is 0 Å². The molecule has 0 saturated heterocycles. The van der Waals surface area contributed by atoms with Gasteiger partial charge in [-0.1, -0.05) is 24.3 Å². The molecule has 0 spiro atoms. The van der Waals surface area contributed by atoms with Crippen molar-refractivity contribution in [3.05, 3.63) is 35.4 Å². The minimum absolute atomic E-state index is 0.416. The van der Waals surface area contributed by atoms with Crippen LogP contribution in [-0.4, -0.2) is 28.0 Å². The number of benzene rings is 1. The molecule has 78 valence electrons. The van der Waals surface area contributed by atoms with Crippen molar-refractivity contribution < 1.29 is 15.3 Å². The molecule has 0 aliphatic heterocycles. The summed E-state index contributed by atoms with van der Waals surface area (Å²) in [6, 6.07) is 6.91. The average molecular weight is 217 g/mol. The van der Waals surface area contributed by atoms with Gasteiger partial charge in [-0.3, -0.25) is 0 Å². The van der Waals surface area contributed by atoms with Gasteiger partial charge < -0.3 is 15.3 Å². The smallest absolute Gasteiger partial charge is 0.107 e. The molecule has 3 nitrogen and oxygen atoms in total. The lowest BCUT2D eigenvalue weighted by atomic mass is 10.0. The van der Waals surface area contributed by atoms with Crippen molar-refractivity contribution in [1.82, 2.24) is 0 Å². The molecule has 1 rings (SSSR count). The van der Waals surface area contributed by atoms with Crippen molar-refractivity contribution in [2.45, 2.75) is 18.1 Å². The van der Waals surface area contributed by atoms with Crippen molar-refractivity contribution in [2.24, 2.45) is 0 Å². The summed E-state index contributed by atoms with van der Waals surface area (Å²) in [6.07, 6.45) is -2.19. The number of hydrogen-bond acceptors (Lipinski definition) is 3. The Morgan fingerprint density at radius 2 is 1.71 bits per heavy atom. The van der Waals surface area contributed by atoms with Gasteiger partial charge in [0.1, 0.15) is 12.2 Å². The Balaban J connectivity index is 2.75. The molecule has 1 aromatic rings. The number of aliphatic hydroxyl groups excluding tert-OH is 3. The fraction of sp³-hybridized carbons (Fsp3) is 0.400. The number of aliphatic hydroxyl groups is 3. The lowest BCUT2D eigenvalue weighted by Gasteiger charge is -2.15. The van der Waals surface area contributed by atoms with Crippen molar-refractivity contribution in [1.29, 1.82) is 0 Å². The third-order valence-electron chi connectivity index (χ3n) is 2.03. The van der Waals surface area contributed by atoms with Crippen LogP contribution in [0, 0.1) is 0 Å². The zero-order valence-electron chi connectivity index (χ0n) is 7.60. The van der Waals surface area contributed by atoms with Gasteiger partial charge >= 0.3 is 0 Å². The van der Waals surface area contributed by atoms with Gasteiger partial charge in [-0.25, -0.2) is 0 Å². The molecule has 0 amide bonds. The molecule has 0 aliphatic carbocycles. The second kappa shape index (κ2) is 5.32. The Morgan fingerprint density at radius 1 is 1.14 bits per heavy atom. The minimum atomic E-state index is -1.14. The molecule has 0 bridgehead atoms. The lowest BCUT2D eigenvalue weighted by Crippen LogP contribution is -2.21. The molecule has 3 N–H and O–H groups in total. The highest BCUT2D eigenvalue weighted by Crippen LogP contribution is 2.17. The molecule has 14 heavy (non-hydrogen) atoms. The van der Waals surface area contributed by atoms with E-state index < -0.39 is 18.8 Å². The summed E-state index contributed by atoms with van der Waals surface area (Å²) in [5.41, 5.74) is 1.52. The van der Waals surface area contributed by atoms with Crippen LogP contribution in [0.5, 0.6) is 0 Å². The van der Waals surface area contributed by atoms with Crippen molar-refractivity contribution in [2.75, 3.05) is 6.61 Å². The molecule has 0 aliphatic rings. The second-order valence-corrected chi connectivity index (χ2v) is 3.34. The molecule has 0 aromatic heterocycles. The Morgan fingerprint density at radius 3 is 2.14 bits per heavy atom. The Hall–Kier alpha value is -0.610. The van der Waals surface area contributed by atoms with Crippen molar-refractivity contribution in [3.8, 4) is 0 Å². The van der Waals surface area contributed by atoms with Gasteiger partial charge in [-0.2, -0.15) is 0 Å². The highest BCUT2D eigenvalue weighted by Gasteiger charge is 2.16. The summed E-state index contributed by atoms with van der Waals surface area (Å²) in [5, 5.41) is 27.3. The highest BCUT2D eigenvalue weighted by molar-refractivity contribution is 6.17. The summed E-state index contributed by atoms with van der Waals surface area (Å²) in [4.78, 5) is 0. The van der Waals surface area contributed by atoms with E-state index in [2.05, 4.69) is 0 Å². The fourth-order valence-electron chi connectivity index (χ4n) is 1.13. The van der Waals surface area contributed by atoms with E-state index in [9.17, 15) is 10.2 Å². The molecule has 2 unspecified atom stereocenters. The molecule has 2 atom stereocenters. The van der Waals surface area contributed by atoms with E-state index in [-0.39, 0.29) is 0 Å². The van der Waals surface area contributed by atoms with E-state index in [0.717, 1.165) is 5.56 Å². The monoisotopic (exact) mass is 216 g/mol. The van der Waals surface area contributed by atoms with Gasteiger partial charge in [-0.15, -0.1) is 11.6 Å². The van der Waals surface area contributed by atoms with Crippen molar-refractivity contribution in [3.63, 3.8) is 0 Å². The van der Waals surface area contributed by atoms with Crippen LogP contribution in [0.1, 0.15) is 17.2 Å². The molecule has 0 saturated carbocycles. The minimum Gasteiger partial charge on any atom is -0.394 e. The van der Waals surface area contributed by atoms with Crippen LogP contribution in [0.2, 0.25) is 0 Å². The number of halogens is 1. The van der Waals surface area contributed by atoms with Crippen LogP contribution in [0.3, 0.4) is 0 Å². The van der Waals surface area contributed by atoms with Crippen LogP contribution in [0.15, 0.2) is 24.3 Å². The maximum Gasteiger partial charge on any atom is 0.107 e. The maximum atomic E-state index is 9.51. The molecule has 1 aromatic carbocycles. The lowest BCUT2D eigenvalue weighted by molar-refractivity contribution is -0.0152. The first-order valence-electron chi connectivity index (χ1n) is 4.31. The third kappa shape index (κ3) is 2.69. The zero-order chi connectivity index (χ0) is 10.6. The topological polar surface area (TPSA) is 60.7 Å². The Bertz CT molecular complexity index is 273. The first kappa shape index (κ1) is 11.5. The number of hydrogen-bond donors (Lipinski definition) is 3. The first-order valence-corrected chi connectivity index (χ1v) is 4.84. The summed E-state index contributed by atoms with van der Waals surface area (Å²) < 4.78 is 0. The Kier molecular flexibility index (Phi) is 4.35. The van der Waals surface area contributed by atoms with Crippen LogP contribution in [0.4, 0.5) is 0 Å². The van der Waals surface area contributed by atoms with E-state index in [0.29, 0.717) is 11.4 Å². The van der Waals surface area contributed by atoms with E-state index >= 15 is 0 Å². The quantitative estimate of drug-likeness (QED) is 0.653. The standard InChI is InChI=1S/C10H13ClO3/c11-5-7-1-3-8(4-2-7)10(14)9(13)6-12/h1-4,9-10,12-14H,5-6H2. The fourth-order valence-corrected chi connectivity index (χ4v) is 1.30. The summed E-state index contributed by atoms with van der Waals surface area (Å²) in [7, 11) is 0. The molecule has 0 fully saturated rings. The number of rotatable bonds is 4. The van der Waals surface area contributed by atoms with Gasteiger partial charge in [-0.05, 0) is 11.1 Å². The average Bonchev–Trinajstić information content (AvgIpc) is 2.27. The van der Waals surface area contributed by atoms with Crippen LogP contribution >= 0.6 is 11.6 Å². The van der Waals surface area contributed by atoms with Gasteiger partial charge in [0.25, 0.3) is 0 Å². The van der Waals surface area contributed by atoms with Crippen molar-refractivity contribution >= 4 is 11.6 Å². The van der Waals surface area contributed by atoms with E-state index in [1.54, 1.807) is 24.3 Å². The summed E-state index contributed by atoms with van der Waals surface area (Å²) in [6.45, 7) is -0.460. The number of alkyl halides is 1. The largest absolute Gasteiger partial charge is 0.394 e. The SMILES string of the molecule is OCC(O)C(O)c1ccc(CCl)cc1. The van der Waals surface area contributed by atoms with Crippen LogP contribution in [-0.2, 0) is 5.88 Å². The Labute approximate surface area is 87.6 Å². The normalized spacial score (nSPS) is 15.1. The van der Waals surface area contributed by atoms with E-state index in [1.165, 1.54) is 0 Å². The molecular weight excluding hydrogens is 204 g/mol. The first-order chi connectivity index (χ1) is 6.69. The van der Waals surface area contributed by atoms with Gasteiger partial charge in [0.15, 0.2) is 0 Å². The maximum absolute atomic E-state index is 9.51. The predicted octanol–water partition coefficient (Wildman–Crippen LogP) is 0.812. The van der Waals surface area contributed by atoms with E-state index in [1.807, 2.05) is 0 Å². The molecule has 4 heteroatoms. The molecular formula is C10H13ClO3. The summed E-state index contributed by atoms with van der Waals surface area (Å²) >= 11 is 5.60. The van der Waals surface area contributed by atoms with E-state index in [4.69, 9.17) is 16.7 Å². The van der Waals surface area contributed by atoms with Gasteiger partial charge in [0.2, 0.25) is 0 Å².